The third-order valence-corrected chi connectivity index (χ3v) is 23.4. The van der Waals surface area contributed by atoms with Gasteiger partial charge in [-0.15, -0.1) is 34.0 Å². The Morgan fingerprint density at radius 1 is 0.177 bits per heavy atom. The van der Waals surface area contributed by atoms with Crippen molar-refractivity contribution in [2.75, 3.05) is 0 Å². The highest BCUT2D eigenvalue weighted by atomic mass is 32.1. The standard InChI is InChI=1S/C48H30N2S.C42H25NS2/c1-3-11-31(12-4-1)34-22-27-44-41(30-34)47-45(28-25-39-38-16-8-10-18-46(38)51-48(39)47)50(44)36-23-19-32(20-24-36)33-21-26-43-40(29-33)37-15-7-9-17-42(37)49(43)35-13-5-2-6-14-35;1-2-10-26(11-3-1)29-14-9-17-33-34-24-25-37-39(42(34)45-41(29)33)35-13-4-6-18-36(35)43(37)28-22-20-27(21-23-28)30-15-8-16-32-31-12-5-7-19-38(31)44-40(30)32/h1-30H;1-25H. The van der Waals surface area contributed by atoms with Crippen LogP contribution in [0.1, 0.15) is 0 Å². The lowest BCUT2D eigenvalue weighted by molar-refractivity contribution is 1.18. The first-order valence-electron chi connectivity index (χ1n) is 32.7. The maximum Gasteiger partial charge on any atom is 0.0555 e. The first-order valence-corrected chi connectivity index (χ1v) is 35.2. The number of thiophene rings is 3. The SMILES string of the molecule is c1ccc(-c2ccc3c(c2)c2c4sc5ccccc5c4ccc2n3-c2ccc(-c3ccc4c(c3)c3ccccc3n4-c3ccccc3)cc2)cc1.c1ccc(-c2cccc3c2sc2c3ccc3c2c2ccccc2n3-c2ccc(-c3cccc4c3sc3ccccc34)cc2)cc1. The largest absolute Gasteiger partial charge is 0.309 e. The Bertz CT molecular complexity index is 6660. The highest BCUT2D eigenvalue weighted by Crippen LogP contribution is 2.49. The van der Waals surface area contributed by atoms with Crippen LogP contribution in [0.3, 0.4) is 0 Å². The predicted molar refractivity (Wildman–Crippen MR) is 416 cm³/mol. The molecule has 3 nitrogen and oxygen atoms in total. The number of nitrogens with zero attached hydrogens (tertiary/aromatic N) is 3. The molecule has 0 unspecified atom stereocenters. The van der Waals surface area contributed by atoms with E-state index in [0.717, 1.165) is 5.69 Å². The van der Waals surface area contributed by atoms with Crippen LogP contribution in [-0.4, -0.2) is 13.7 Å². The molecule has 96 heavy (non-hydrogen) atoms. The lowest BCUT2D eigenvalue weighted by atomic mass is 10.0. The molecule has 0 atom stereocenters. The highest BCUT2D eigenvalue weighted by molar-refractivity contribution is 7.28. The fraction of sp³-hybridized carbons (Fsp3) is 0. The smallest absolute Gasteiger partial charge is 0.0555 e. The number of rotatable bonds is 7. The van der Waals surface area contributed by atoms with Crippen LogP contribution < -0.4 is 0 Å². The second kappa shape index (κ2) is 22.0. The van der Waals surface area contributed by atoms with Gasteiger partial charge in [0.1, 0.15) is 0 Å². The monoisotopic (exact) mass is 1270 g/mol. The molecule has 0 radical (unpaired) electrons. The van der Waals surface area contributed by atoms with Crippen molar-refractivity contribution in [1.29, 1.82) is 0 Å². The number of hydrogen-bond acceptors (Lipinski definition) is 3. The fourth-order valence-corrected chi connectivity index (χ4v) is 19.3. The van der Waals surface area contributed by atoms with Crippen LogP contribution in [0.4, 0.5) is 0 Å². The van der Waals surface area contributed by atoms with Gasteiger partial charge in [-0.05, 0) is 142 Å². The van der Waals surface area contributed by atoms with Crippen LogP contribution in [0.2, 0.25) is 0 Å². The van der Waals surface area contributed by atoms with Crippen molar-refractivity contribution >= 4 is 160 Å². The van der Waals surface area contributed by atoms with Gasteiger partial charge in [-0.2, -0.15) is 0 Å². The van der Waals surface area contributed by atoms with Crippen molar-refractivity contribution in [3.63, 3.8) is 0 Å². The Morgan fingerprint density at radius 3 is 1.16 bits per heavy atom. The molecule has 6 heterocycles. The second-order valence-corrected chi connectivity index (χ2v) is 28.1. The summed E-state index contributed by atoms with van der Waals surface area (Å²) in [4.78, 5) is 0. The lowest BCUT2D eigenvalue weighted by Crippen LogP contribution is -1.94. The molecule has 0 aliphatic carbocycles. The summed E-state index contributed by atoms with van der Waals surface area (Å²) in [5, 5.41) is 15.8. The third kappa shape index (κ3) is 8.56. The van der Waals surface area contributed by atoms with Gasteiger partial charge in [0.2, 0.25) is 0 Å². The van der Waals surface area contributed by atoms with E-state index in [2.05, 4.69) is 347 Å². The van der Waals surface area contributed by atoms with Gasteiger partial charge in [0.15, 0.2) is 0 Å². The number of aromatic nitrogens is 3. The molecule has 0 bridgehead atoms. The Morgan fingerprint density at radius 2 is 0.531 bits per heavy atom. The van der Waals surface area contributed by atoms with Crippen LogP contribution in [-0.2, 0) is 0 Å². The summed E-state index contributed by atoms with van der Waals surface area (Å²) in [7, 11) is 0. The van der Waals surface area contributed by atoms with E-state index in [1.54, 1.807) is 0 Å². The van der Waals surface area contributed by atoms with Crippen LogP contribution in [0.5, 0.6) is 0 Å². The fourth-order valence-electron chi connectivity index (χ4n) is 15.4. The molecule has 21 rings (SSSR count). The molecule has 0 aliphatic heterocycles. The highest BCUT2D eigenvalue weighted by Gasteiger charge is 2.22. The van der Waals surface area contributed by atoms with Crippen molar-refractivity contribution in [3.05, 3.63) is 334 Å². The minimum atomic E-state index is 1.16. The summed E-state index contributed by atoms with van der Waals surface area (Å²) in [5.74, 6) is 0. The normalized spacial score (nSPS) is 12.0. The van der Waals surface area contributed by atoms with Crippen LogP contribution in [0.15, 0.2) is 334 Å². The van der Waals surface area contributed by atoms with Gasteiger partial charge in [-0.3, -0.25) is 0 Å². The van der Waals surface area contributed by atoms with E-state index in [0.29, 0.717) is 0 Å². The summed E-state index contributed by atoms with van der Waals surface area (Å²) in [6, 6.07) is 122. The number of para-hydroxylation sites is 3. The Labute approximate surface area is 564 Å². The summed E-state index contributed by atoms with van der Waals surface area (Å²) in [6.07, 6.45) is 0. The second-order valence-electron chi connectivity index (χ2n) is 25.0. The number of hydrogen-bond donors (Lipinski definition) is 0. The summed E-state index contributed by atoms with van der Waals surface area (Å²) < 4.78 is 15.3. The Hall–Kier alpha value is -11.6. The summed E-state index contributed by atoms with van der Waals surface area (Å²) >= 11 is 5.72. The molecule has 0 N–H and O–H groups in total. The number of benzene rings is 15. The van der Waals surface area contributed by atoms with Gasteiger partial charge in [0, 0.05) is 110 Å². The number of fused-ring (bicyclic) bond motifs is 20. The van der Waals surface area contributed by atoms with E-state index in [4.69, 9.17) is 0 Å². The minimum absolute atomic E-state index is 1.16. The van der Waals surface area contributed by atoms with Crippen LogP contribution in [0, 0.1) is 0 Å². The van der Waals surface area contributed by atoms with Crippen LogP contribution >= 0.6 is 34.0 Å². The van der Waals surface area contributed by atoms with Gasteiger partial charge in [0.25, 0.3) is 0 Å². The molecule has 0 saturated carbocycles. The zero-order chi connectivity index (χ0) is 63.0. The maximum atomic E-state index is 2.45. The Balaban J connectivity index is 0.000000132. The van der Waals surface area contributed by atoms with E-state index >= 15 is 0 Å². The summed E-state index contributed by atoms with van der Waals surface area (Å²) in [5.41, 5.74) is 20.9. The molecule has 6 aromatic heterocycles. The summed E-state index contributed by atoms with van der Waals surface area (Å²) in [6.45, 7) is 0. The van der Waals surface area contributed by atoms with Gasteiger partial charge < -0.3 is 13.7 Å². The molecule has 0 fully saturated rings. The van der Waals surface area contributed by atoms with E-state index in [1.165, 1.54) is 182 Å². The zero-order valence-corrected chi connectivity index (χ0v) is 54.3. The molecule has 0 amide bonds. The molecule has 0 aliphatic rings. The van der Waals surface area contributed by atoms with Crippen molar-refractivity contribution in [1.82, 2.24) is 13.7 Å². The average Bonchev–Trinajstić information content (AvgIpc) is 1.57. The minimum Gasteiger partial charge on any atom is -0.309 e. The lowest BCUT2D eigenvalue weighted by Gasteiger charge is -2.11. The van der Waals surface area contributed by atoms with Crippen LogP contribution in [0.25, 0.3) is 188 Å². The zero-order valence-electron chi connectivity index (χ0n) is 51.8. The molecular weight excluding hydrogens is 1220 g/mol. The van der Waals surface area contributed by atoms with Gasteiger partial charge in [-0.25, -0.2) is 0 Å². The van der Waals surface area contributed by atoms with Gasteiger partial charge in [0.05, 0.1) is 33.1 Å². The quantitative estimate of drug-likeness (QED) is 0.151. The van der Waals surface area contributed by atoms with Crippen molar-refractivity contribution < 1.29 is 0 Å². The molecule has 15 aromatic carbocycles. The first kappa shape index (κ1) is 54.9. The molecule has 21 aromatic rings. The molecular formula is C90H55N3S3. The third-order valence-electron chi connectivity index (χ3n) is 19.8. The average molecular weight is 1270 g/mol. The first-order chi connectivity index (χ1) is 47.6. The van der Waals surface area contributed by atoms with E-state index in [9.17, 15) is 0 Å². The van der Waals surface area contributed by atoms with Crippen molar-refractivity contribution in [3.8, 4) is 61.6 Å². The van der Waals surface area contributed by atoms with E-state index in [-0.39, 0.29) is 0 Å². The molecule has 0 saturated heterocycles. The maximum absolute atomic E-state index is 2.45. The van der Waals surface area contributed by atoms with E-state index < -0.39 is 0 Å². The van der Waals surface area contributed by atoms with E-state index in [1.807, 2.05) is 34.0 Å². The predicted octanol–water partition coefficient (Wildman–Crippen LogP) is 26.4. The molecule has 0 spiro atoms. The molecule has 6 heteroatoms. The topological polar surface area (TPSA) is 14.8 Å². The van der Waals surface area contributed by atoms with Gasteiger partial charge >= 0.3 is 0 Å². The Kier molecular flexibility index (Phi) is 12.6. The van der Waals surface area contributed by atoms with Gasteiger partial charge in [-0.1, -0.05) is 237 Å². The molecule has 448 valence electrons. The van der Waals surface area contributed by atoms with Crippen molar-refractivity contribution in [2.24, 2.45) is 0 Å². The van der Waals surface area contributed by atoms with Crippen molar-refractivity contribution in [2.45, 2.75) is 0 Å².